The van der Waals surface area contributed by atoms with Gasteiger partial charge in [-0.25, -0.2) is 14.4 Å². The van der Waals surface area contributed by atoms with Crippen LogP contribution in [0.3, 0.4) is 0 Å². The molecule has 2 aromatic carbocycles. The summed E-state index contributed by atoms with van der Waals surface area (Å²) in [5.41, 5.74) is 7.42. The van der Waals surface area contributed by atoms with Crippen molar-refractivity contribution in [3.63, 3.8) is 0 Å². The van der Waals surface area contributed by atoms with Gasteiger partial charge in [-0.2, -0.15) is 0 Å². The highest BCUT2D eigenvalue weighted by atomic mass is 19.1. The Hall–Kier alpha value is -3.94. The normalized spacial score (nSPS) is 17.7. The Labute approximate surface area is 209 Å². The molecule has 0 amide bonds. The SMILES string of the molecule is Cc1cn(-c2ccc(/C=C3\CCCCCN4C3=NCCN4c3ccc(CF)cc3)c3ocnc23)cn1. The topological polar surface area (TPSA) is 62.7 Å². The van der Waals surface area contributed by atoms with Crippen molar-refractivity contribution < 1.29 is 8.81 Å². The van der Waals surface area contributed by atoms with Crippen molar-refractivity contribution in [3.05, 3.63) is 77.7 Å². The van der Waals surface area contributed by atoms with Gasteiger partial charge in [0.2, 0.25) is 0 Å². The summed E-state index contributed by atoms with van der Waals surface area (Å²) in [5.74, 6) is 1.01. The fourth-order valence-corrected chi connectivity index (χ4v) is 5.11. The van der Waals surface area contributed by atoms with Crippen molar-refractivity contribution in [1.29, 1.82) is 0 Å². The molecule has 0 N–H and O–H groups in total. The Kier molecular flexibility index (Phi) is 6.01. The van der Waals surface area contributed by atoms with Crippen LogP contribution >= 0.6 is 0 Å². The molecule has 0 aliphatic carbocycles. The Morgan fingerprint density at radius 1 is 1.00 bits per heavy atom. The molecule has 36 heavy (non-hydrogen) atoms. The van der Waals surface area contributed by atoms with Crippen molar-refractivity contribution >= 4 is 28.7 Å². The first kappa shape index (κ1) is 22.5. The van der Waals surface area contributed by atoms with Gasteiger partial charge in [0.25, 0.3) is 0 Å². The zero-order valence-corrected chi connectivity index (χ0v) is 20.4. The van der Waals surface area contributed by atoms with Crippen LogP contribution in [0.5, 0.6) is 0 Å². The number of rotatable bonds is 4. The maximum Gasteiger partial charge on any atom is 0.182 e. The molecular weight excluding hydrogens is 455 g/mol. The van der Waals surface area contributed by atoms with E-state index in [0.29, 0.717) is 12.1 Å². The first-order valence-electron chi connectivity index (χ1n) is 12.5. The summed E-state index contributed by atoms with van der Waals surface area (Å²) in [6.07, 6.45) is 11.8. The summed E-state index contributed by atoms with van der Waals surface area (Å²) < 4.78 is 20.9. The molecule has 0 radical (unpaired) electrons. The lowest BCUT2D eigenvalue weighted by Gasteiger charge is -2.43. The number of halogens is 1. The first-order chi connectivity index (χ1) is 17.7. The van der Waals surface area contributed by atoms with Crippen LogP contribution in [0.25, 0.3) is 22.9 Å². The molecule has 1 fully saturated rings. The number of imidazole rings is 1. The van der Waals surface area contributed by atoms with E-state index in [0.717, 1.165) is 78.3 Å². The summed E-state index contributed by atoms with van der Waals surface area (Å²) in [6, 6.07) is 11.9. The van der Waals surface area contributed by atoms with Crippen molar-refractivity contribution in [2.75, 3.05) is 24.6 Å². The molecule has 6 rings (SSSR count). The van der Waals surface area contributed by atoms with Gasteiger partial charge < -0.3 is 8.98 Å². The molecule has 2 aliphatic heterocycles. The molecule has 0 spiro atoms. The van der Waals surface area contributed by atoms with Crippen LogP contribution in [-0.4, -0.2) is 45.0 Å². The quantitative estimate of drug-likeness (QED) is 0.362. The van der Waals surface area contributed by atoms with Gasteiger partial charge in [0.05, 0.1) is 36.5 Å². The largest absolute Gasteiger partial charge is 0.443 e. The van der Waals surface area contributed by atoms with E-state index in [9.17, 15) is 4.39 Å². The first-order valence-corrected chi connectivity index (χ1v) is 12.5. The van der Waals surface area contributed by atoms with E-state index < -0.39 is 6.67 Å². The van der Waals surface area contributed by atoms with Gasteiger partial charge >= 0.3 is 0 Å². The number of aromatic nitrogens is 3. The molecule has 0 bridgehead atoms. The molecule has 7 nitrogen and oxygen atoms in total. The van der Waals surface area contributed by atoms with Crippen molar-refractivity contribution in [3.8, 4) is 5.69 Å². The molecule has 0 unspecified atom stereocenters. The predicted molar refractivity (Wildman–Crippen MR) is 140 cm³/mol. The predicted octanol–water partition coefficient (Wildman–Crippen LogP) is 5.88. The van der Waals surface area contributed by atoms with Crippen molar-refractivity contribution in [2.24, 2.45) is 4.99 Å². The third-order valence-corrected chi connectivity index (χ3v) is 6.91. The number of benzene rings is 2. The lowest BCUT2D eigenvalue weighted by Crippen LogP contribution is -2.52. The van der Waals surface area contributed by atoms with Crippen molar-refractivity contribution in [2.45, 2.75) is 39.3 Å². The van der Waals surface area contributed by atoms with Gasteiger partial charge in [0.1, 0.15) is 18.0 Å². The number of fused-ring (bicyclic) bond motifs is 2. The third kappa shape index (κ3) is 4.17. The molecule has 4 heterocycles. The van der Waals surface area contributed by atoms with Gasteiger partial charge in [-0.15, -0.1) is 0 Å². The molecule has 1 saturated heterocycles. The highest BCUT2D eigenvalue weighted by Crippen LogP contribution is 2.31. The molecule has 4 aromatic rings. The van der Waals surface area contributed by atoms with Crippen LogP contribution in [0.1, 0.15) is 42.5 Å². The standard InChI is InChI=1S/C28H29FN6O/c1-20-17-33(18-31-20)25-11-8-22(27-26(25)32-19-36-27)15-23-5-3-2-4-13-35-28(23)30-12-14-34(35)24-9-6-21(16-29)7-10-24/h6-11,15,17-19H,2-5,12-14,16H2,1H3/b23-15+. The zero-order valence-electron chi connectivity index (χ0n) is 20.4. The highest BCUT2D eigenvalue weighted by molar-refractivity contribution is 6.05. The fourth-order valence-electron chi connectivity index (χ4n) is 5.11. The molecule has 0 atom stereocenters. The number of alkyl halides is 1. The van der Waals surface area contributed by atoms with E-state index in [1.165, 1.54) is 12.0 Å². The summed E-state index contributed by atoms with van der Waals surface area (Å²) in [4.78, 5) is 13.9. The van der Waals surface area contributed by atoms with Gasteiger partial charge in [-0.05, 0) is 67.7 Å². The van der Waals surface area contributed by atoms with E-state index in [1.807, 2.05) is 42.0 Å². The molecule has 2 aliphatic rings. The number of hydrogen-bond donors (Lipinski definition) is 0. The number of aryl methyl sites for hydroxylation is 1. The maximum atomic E-state index is 13.1. The van der Waals surface area contributed by atoms with Crippen LogP contribution < -0.4 is 5.01 Å². The second-order valence-corrected chi connectivity index (χ2v) is 9.36. The van der Waals surface area contributed by atoms with Gasteiger partial charge in [0.15, 0.2) is 12.0 Å². The lowest BCUT2D eigenvalue weighted by molar-refractivity contribution is 0.350. The minimum Gasteiger partial charge on any atom is -0.443 e. The number of oxazole rings is 1. The van der Waals surface area contributed by atoms with E-state index in [2.05, 4.69) is 38.2 Å². The van der Waals surface area contributed by atoms with Gasteiger partial charge in [-0.1, -0.05) is 18.6 Å². The lowest BCUT2D eigenvalue weighted by atomic mass is 9.99. The van der Waals surface area contributed by atoms with Crippen LogP contribution in [0.2, 0.25) is 0 Å². The monoisotopic (exact) mass is 484 g/mol. The van der Waals surface area contributed by atoms with Gasteiger partial charge in [-0.3, -0.25) is 15.0 Å². The summed E-state index contributed by atoms with van der Waals surface area (Å²) in [5, 5.41) is 4.59. The van der Waals surface area contributed by atoms with E-state index in [1.54, 1.807) is 6.33 Å². The Morgan fingerprint density at radius 3 is 2.69 bits per heavy atom. The number of nitrogens with zero attached hydrogens (tertiary/aromatic N) is 6. The smallest absolute Gasteiger partial charge is 0.182 e. The molecular formula is C28H29FN6O. The maximum absolute atomic E-state index is 13.1. The minimum atomic E-state index is -0.445. The summed E-state index contributed by atoms with van der Waals surface area (Å²) >= 11 is 0. The molecule has 8 heteroatoms. The number of amidine groups is 1. The average Bonchev–Trinajstić information content (AvgIpc) is 3.56. The van der Waals surface area contributed by atoms with Gasteiger partial charge in [0, 0.05) is 18.3 Å². The summed E-state index contributed by atoms with van der Waals surface area (Å²) in [7, 11) is 0. The van der Waals surface area contributed by atoms with Crippen molar-refractivity contribution in [1.82, 2.24) is 19.5 Å². The third-order valence-electron chi connectivity index (χ3n) is 6.91. The molecule has 2 aromatic heterocycles. The van der Waals surface area contributed by atoms with Crippen LogP contribution in [0.15, 0.2) is 70.3 Å². The zero-order chi connectivity index (χ0) is 24.5. The molecule has 184 valence electrons. The second-order valence-electron chi connectivity index (χ2n) is 9.36. The number of anilines is 1. The average molecular weight is 485 g/mol. The Balaban J connectivity index is 1.38. The van der Waals surface area contributed by atoms with E-state index >= 15 is 0 Å². The number of hydrazine groups is 1. The van der Waals surface area contributed by atoms with E-state index in [-0.39, 0.29) is 0 Å². The fraction of sp³-hybridized carbons (Fsp3) is 0.321. The Morgan fingerprint density at radius 2 is 1.89 bits per heavy atom. The minimum absolute atomic E-state index is 0.445. The van der Waals surface area contributed by atoms with Crippen LogP contribution in [0.4, 0.5) is 10.1 Å². The highest BCUT2D eigenvalue weighted by Gasteiger charge is 2.27. The Bertz CT molecular complexity index is 1430. The molecule has 0 saturated carbocycles. The van der Waals surface area contributed by atoms with E-state index in [4.69, 9.17) is 9.41 Å². The van der Waals surface area contributed by atoms with Crippen LogP contribution in [-0.2, 0) is 6.67 Å². The summed E-state index contributed by atoms with van der Waals surface area (Å²) in [6.45, 7) is 3.94. The van der Waals surface area contributed by atoms with Crippen LogP contribution in [0, 0.1) is 6.92 Å². The number of hydrogen-bond acceptors (Lipinski definition) is 6. The number of aliphatic imine (C=N–C) groups is 1. The second kappa shape index (κ2) is 9.60.